The Labute approximate surface area is 113 Å². The van der Waals surface area contributed by atoms with E-state index in [0.717, 1.165) is 14.4 Å². The number of thiophene rings is 1. The summed E-state index contributed by atoms with van der Waals surface area (Å²) in [6.45, 7) is 0. The van der Waals surface area contributed by atoms with Crippen molar-refractivity contribution < 1.29 is 9.53 Å². The number of thiazole rings is 1. The van der Waals surface area contributed by atoms with Crippen LogP contribution in [-0.4, -0.2) is 18.1 Å². The van der Waals surface area contributed by atoms with Crippen LogP contribution in [0.2, 0.25) is 4.34 Å². The summed E-state index contributed by atoms with van der Waals surface area (Å²) in [5.41, 5.74) is 0. The molecular formula is C9H5BrClNO2S2. The standard InChI is InChI=1S/C9H5BrClNO2S2/c1-14-9(13)6-3-12-8(16-6)5-2-4(10)7(11)15-5/h2-3H,1H3. The van der Waals surface area contributed by atoms with Gasteiger partial charge in [-0.15, -0.1) is 22.7 Å². The lowest BCUT2D eigenvalue weighted by Crippen LogP contribution is -1.96. The molecule has 2 rings (SSSR count). The van der Waals surface area contributed by atoms with Gasteiger partial charge >= 0.3 is 5.97 Å². The van der Waals surface area contributed by atoms with E-state index in [0.29, 0.717) is 9.21 Å². The Hall–Kier alpha value is -0.430. The molecule has 7 heteroatoms. The predicted octanol–water partition coefficient (Wildman–Crippen LogP) is 4.07. The summed E-state index contributed by atoms with van der Waals surface area (Å²) in [4.78, 5) is 16.8. The molecule has 0 aliphatic carbocycles. The minimum Gasteiger partial charge on any atom is -0.465 e. The molecule has 0 spiro atoms. The van der Waals surface area contributed by atoms with Crippen molar-refractivity contribution in [1.82, 2.24) is 4.98 Å². The molecule has 0 unspecified atom stereocenters. The van der Waals surface area contributed by atoms with E-state index in [9.17, 15) is 4.79 Å². The molecule has 2 heterocycles. The van der Waals surface area contributed by atoms with Crippen molar-refractivity contribution in [2.75, 3.05) is 7.11 Å². The third-order valence-electron chi connectivity index (χ3n) is 1.75. The molecule has 0 saturated carbocycles. The molecule has 0 aromatic carbocycles. The van der Waals surface area contributed by atoms with Gasteiger partial charge in [0.05, 0.1) is 18.2 Å². The van der Waals surface area contributed by atoms with Gasteiger partial charge in [-0.1, -0.05) is 11.6 Å². The summed E-state index contributed by atoms with van der Waals surface area (Å²) in [5.74, 6) is -0.370. The molecule has 0 aliphatic heterocycles. The average molecular weight is 339 g/mol. The number of carbonyl (C=O) groups excluding carboxylic acids is 1. The summed E-state index contributed by atoms with van der Waals surface area (Å²) in [5, 5.41) is 0.762. The van der Waals surface area contributed by atoms with E-state index >= 15 is 0 Å². The van der Waals surface area contributed by atoms with E-state index in [2.05, 4.69) is 25.7 Å². The third kappa shape index (κ3) is 2.29. The lowest BCUT2D eigenvalue weighted by molar-refractivity contribution is 0.0606. The lowest BCUT2D eigenvalue weighted by atomic mass is 10.5. The molecule has 0 radical (unpaired) electrons. The molecule has 2 aromatic heterocycles. The molecule has 16 heavy (non-hydrogen) atoms. The Morgan fingerprint density at radius 3 is 2.88 bits per heavy atom. The van der Waals surface area contributed by atoms with E-state index < -0.39 is 0 Å². The lowest BCUT2D eigenvalue weighted by Gasteiger charge is -1.90. The van der Waals surface area contributed by atoms with Crippen molar-refractivity contribution in [2.45, 2.75) is 0 Å². The van der Waals surface area contributed by atoms with Gasteiger partial charge in [0.15, 0.2) is 0 Å². The van der Waals surface area contributed by atoms with Crippen molar-refractivity contribution in [3.63, 3.8) is 0 Å². The maximum Gasteiger partial charge on any atom is 0.349 e. The Morgan fingerprint density at radius 2 is 2.31 bits per heavy atom. The Bertz CT molecular complexity index is 518. The van der Waals surface area contributed by atoms with Gasteiger partial charge < -0.3 is 4.74 Å². The quantitative estimate of drug-likeness (QED) is 0.775. The first-order valence-electron chi connectivity index (χ1n) is 4.11. The second-order valence-electron chi connectivity index (χ2n) is 2.75. The monoisotopic (exact) mass is 337 g/mol. The number of methoxy groups -OCH3 is 1. The third-order valence-corrected chi connectivity index (χ3v) is 5.37. The molecule has 0 fully saturated rings. The van der Waals surface area contributed by atoms with E-state index in [4.69, 9.17) is 11.6 Å². The number of nitrogens with zero attached hydrogens (tertiary/aromatic N) is 1. The molecule has 0 atom stereocenters. The van der Waals surface area contributed by atoms with Gasteiger partial charge in [0.1, 0.15) is 14.2 Å². The number of rotatable bonds is 2. The number of ether oxygens (including phenoxy) is 1. The fourth-order valence-electron chi connectivity index (χ4n) is 1.03. The van der Waals surface area contributed by atoms with Crippen LogP contribution in [0.3, 0.4) is 0 Å². The molecule has 2 aromatic rings. The Kier molecular flexibility index (Phi) is 3.63. The first-order chi connectivity index (χ1) is 7.61. The SMILES string of the molecule is COC(=O)c1cnc(-c2cc(Br)c(Cl)s2)s1. The molecule has 0 aliphatic rings. The van der Waals surface area contributed by atoms with Crippen LogP contribution in [0.25, 0.3) is 9.88 Å². The highest BCUT2D eigenvalue weighted by molar-refractivity contribution is 9.10. The number of hydrogen-bond acceptors (Lipinski definition) is 5. The van der Waals surface area contributed by atoms with Crippen LogP contribution in [0, 0.1) is 0 Å². The molecule has 84 valence electrons. The minimum absolute atomic E-state index is 0.370. The fourth-order valence-corrected chi connectivity index (χ4v) is 3.62. The van der Waals surface area contributed by atoms with E-state index in [-0.39, 0.29) is 5.97 Å². The van der Waals surface area contributed by atoms with Gasteiger partial charge in [-0.05, 0) is 22.0 Å². The van der Waals surface area contributed by atoms with Crippen molar-refractivity contribution in [3.8, 4) is 9.88 Å². The van der Waals surface area contributed by atoms with Crippen molar-refractivity contribution in [3.05, 3.63) is 25.9 Å². The Morgan fingerprint density at radius 1 is 1.56 bits per heavy atom. The summed E-state index contributed by atoms with van der Waals surface area (Å²) >= 11 is 12.0. The van der Waals surface area contributed by atoms with E-state index in [1.54, 1.807) is 0 Å². The normalized spacial score (nSPS) is 10.4. The zero-order valence-corrected chi connectivity index (χ0v) is 12.0. The van der Waals surface area contributed by atoms with Crippen LogP contribution >= 0.6 is 50.2 Å². The highest BCUT2D eigenvalue weighted by atomic mass is 79.9. The number of carbonyl (C=O) groups is 1. The minimum atomic E-state index is -0.370. The largest absolute Gasteiger partial charge is 0.465 e. The smallest absolute Gasteiger partial charge is 0.349 e. The summed E-state index contributed by atoms with van der Waals surface area (Å²) in [7, 11) is 1.35. The number of aromatic nitrogens is 1. The highest BCUT2D eigenvalue weighted by Crippen LogP contribution is 2.39. The van der Waals surface area contributed by atoms with Crippen LogP contribution in [-0.2, 0) is 4.74 Å². The zero-order valence-electron chi connectivity index (χ0n) is 7.99. The van der Waals surface area contributed by atoms with Crippen LogP contribution in [0.5, 0.6) is 0 Å². The van der Waals surface area contributed by atoms with Crippen molar-refractivity contribution in [1.29, 1.82) is 0 Å². The van der Waals surface area contributed by atoms with Gasteiger partial charge in [-0.25, -0.2) is 9.78 Å². The first kappa shape index (κ1) is 12.0. The Balaban J connectivity index is 2.35. The molecule has 0 bridgehead atoms. The topological polar surface area (TPSA) is 39.2 Å². The van der Waals surface area contributed by atoms with Crippen LogP contribution < -0.4 is 0 Å². The van der Waals surface area contributed by atoms with Gasteiger partial charge in [0.2, 0.25) is 0 Å². The predicted molar refractivity (Wildman–Crippen MR) is 69.5 cm³/mol. The van der Waals surface area contributed by atoms with Crippen LogP contribution in [0.15, 0.2) is 16.7 Å². The van der Waals surface area contributed by atoms with Gasteiger partial charge in [0, 0.05) is 4.47 Å². The van der Waals surface area contributed by atoms with E-state index in [1.807, 2.05) is 6.07 Å². The molecular weight excluding hydrogens is 334 g/mol. The second-order valence-corrected chi connectivity index (χ2v) is 6.29. The highest BCUT2D eigenvalue weighted by Gasteiger charge is 2.14. The average Bonchev–Trinajstić information content (AvgIpc) is 2.86. The number of hydrogen-bond donors (Lipinski definition) is 0. The summed E-state index contributed by atoms with van der Waals surface area (Å²) in [6, 6.07) is 1.88. The van der Waals surface area contributed by atoms with Gasteiger partial charge in [0.25, 0.3) is 0 Å². The summed E-state index contributed by atoms with van der Waals surface area (Å²) in [6.07, 6.45) is 1.51. The van der Waals surface area contributed by atoms with Crippen LogP contribution in [0.1, 0.15) is 9.67 Å². The molecule has 0 saturated heterocycles. The first-order valence-corrected chi connectivity index (χ1v) is 6.91. The number of halogens is 2. The molecule has 0 amide bonds. The summed E-state index contributed by atoms with van der Waals surface area (Å²) < 4.78 is 6.12. The van der Waals surface area contributed by atoms with E-state index in [1.165, 1.54) is 36.0 Å². The maximum absolute atomic E-state index is 11.2. The molecule has 3 nitrogen and oxygen atoms in total. The van der Waals surface area contributed by atoms with Gasteiger partial charge in [-0.3, -0.25) is 0 Å². The maximum atomic E-state index is 11.2. The molecule has 0 N–H and O–H groups in total. The second kappa shape index (κ2) is 4.83. The van der Waals surface area contributed by atoms with Crippen molar-refractivity contribution in [2.24, 2.45) is 0 Å². The van der Waals surface area contributed by atoms with Crippen LogP contribution in [0.4, 0.5) is 0 Å². The van der Waals surface area contributed by atoms with Gasteiger partial charge in [-0.2, -0.15) is 0 Å². The zero-order chi connectivity index (χ0) is 11.7. The fraction of sp³-hybridized carbons (Fsp3) is 0.111. The number of esters is 1. The van der Waals surface area contributed by atoms with Crippen molar-refractivity contribution >= 4 is 56.2 Å².